The number of carboxylic acids is 1. The van der Waals surface area contributed by atoms with Gasteiger partial charge in [-0.3, -0.25) is 0 Å². The Bertz CT molecular complexity index is 248. The van der Waals surface area contributed by atoms with Gasteiger partial charge in [-0.15, -0.1) is 0 Å². The monoisotopic (exact) mass is 184 g/mol. The van der Waals surface area contributed by atoms with E-state index in [4.69, 9.17) is 9.84 Å². The zero-order chi connectivity index (χ0) is 9.42. The van der Waals surface area contributed by atoms with Crippen molar-refractivity contribution in [3.8, 4) is 0 Å². The summed E-state index contributed by atoms with van der Waals surface area (Å²) in [5, 5.41) is 8.34. The first-order valence-corrected chi connectivity index (χ1v) is 4.60. The molecule has 4 heteroatoms. The topological polar surface area (TPSA) is 63.6 Å². The van der Waals surface area contributed by atoms with Gasteiger partial charge in [0, 0.05) is 0 Å². The summed E-state index contributed by atoms with van der Waals surface area (Å²) in [5.74, 6) is -1.50. The van der Waals surface area contributed by atoms with Crippen LogP contribution in [-0.4, -0.2) is 23.1 Å². The molecule has 13 heavy (non-hydrogen) atoms. The number of ether oxygens (including phenoxy) is 1. The molecule has 3 unspecified atom stereocenters. The number of carbonyl (C=O) groups is 2. The van der Waals surface area contributed by atoms with Gasteiger partial charge in [0.25, 0.3) is 0 Å². The van der Waals surface area contributed by atoms with E-state index in [1.165, 1.54) is 6.42 Å². The van der Waals surface area contributed by atoms with Crippen LogP contribution in [0.2, 0.25) is 0 Å². The summed E-state index contributed by atoms with van der Waals surface area (Å²) in [4.78, 5) is 21.0. The maximum atomic E-state index is 10.8. The molecular weight excluding hydrogens is 172 g/mol. The first-order valence-electron chi connectivity index (χ1n) is 4.60. The molecule has 1 N–H and O–H groups in total. The van der Waals surface area contributed by atoms with E-state index < -0.39 is 11.9 Å². The third-order valence-corrected chi connectivity index (χ3v) is 3.11. The quantitative estimate of drug-likeness (QED) is 0.483. The molecule has 0 aromatic carbocycles. The normalized spacial score (nSPS) is 36.2. The maximum Gasteiger partial charge on any atom is 0.417 e. The van der Waals surface area contributed by atoms with Crippen molar-refractivity contribution in [3.63, 3.8) is 0 Å². The van der Waals surface area contributed by atoms with Gasteiger partial charge in [-0.05, 0) is 37.5 Å². The standard InChI is InChI=1S/C9H12O4/c10-8(11)9(12)13-7-4-5-1-2-6(7)3-5/h5-7H,1-4H2,(H,10,11). The molecule has 2 bridgehead atoms. The fourth-order valence-corrected chi connectivity index (χ4v) is 2.52. The molecule has 4 nitrogen and oxygen atoms in total. The minimum Gasteiger partial charge on any atom is -0.473 e. The second-order valence-electron chi connectivity index (χ2n) is 3.92. The zero-order valence-electron chi connectivity index (χ0n) is 7.23. The molecule has 0 aromatic heterocycles. The first kappa shape index (κ1) is 8.53. The number of carboxylic acid groups (broad SMARTS) is 1. The Hall–Kier alpha value is -1.06. The van der Waals surface area contributed by atoms with E-state index in [-0.39, 0.29) is 6.10 Å². The molecule has 0 radical (unpaired) electrons. The van der Waals surface area contributed by atoms with E-state index in [0.717, 1.165) is 19.3 Å². The Kier molecular flexibility index (Phi) is 1.98. The van der Waals surface area contributed by atoms with Crippen molar-refractivity contribution in [2.45, 2.75) is 31.8 Å². The third kappa shape index (κ3) is 1.53. The number of hydrogen-bond donors (Lipinski definition) is 1. The highest BCUT2D eigenvalue weighted by atomic mass is 16.6. The zero-order valence-corrected chi connectivity index (χ0v) is 7.23. The molecule has 0 heterocycles. The lowest BCUT2D eigenvalue weighted by atomic mass is 9.98. The van der Waals surface area contributed by atoms with E-state index in [1.54, 1.807) is 0 Å². The lowest BCUT2D eigenvalue weighted by Crippen LogP contribution is -2.28. The second kappa shape index (κ2) is 3.01. The number of rotatable bonds is 1. The average molecular weight is 184 g/mol. The lowest BCUT2D eigenvalue weighted by molar-refractivity contribution is -0.169. The van der Waals surface area contributed by atoms with Crippen molar-refractivity contribution in [2.24, 2.45) is 11.8 Å². The van der Waals surface area contributed by atoms with Crippen LogP contribution in [-0.2, 0) is 14.3 Å². The van der Waals surface area contributed by atoms with Gasteiger partial charge in [0.1, 0.15) is 6.10 Å². The van der Waals surface area contributed by atoms with E-state index in [0.29, 0.717) is 11.8 Å². The highest BCUT2D eigenvalue weighted by molar-refractivity contribution is 6.28. The molecule has 2 rings (SSSR count). The van der Waals surface area contributed by atoms with Crippen molar-refractivity contribution < 1.29 is 19.4 Å². The first-order chi connectivity index (χ1) is 6.16. The van der Waals surface area contributed by atoms with Crippen LogP contribution in [0.25, 0.3) is 0 Å². The SMILES string of the molecule is O=C(O)C(=O)OC1CC2CCC1C2. The number of carbonyl (C=O) groups excluding carboxylic acids is 1. The molecule has 2 fully saturated rings. The van der Waals surface area contributed by atoms with E-state index in [2.05, 4.69) is 0 Å². The van der Waals surface area contributed by atoms with Gasteiger partial charge >= 0.3 is 11.9 Å². The van der Waals surface area contributed by atoms with Crippen molar-refractivity contribution in [2.75, 3.05) is 0 Å². The molecule has 0 amide bonds. The molecular formula is C9H12O4. The van der Waals surface area contributed by atoms with Gasteiger partial charge in [0.15, 0.2) is 0 Å². The molecule has 0 aliphatic heterocycles. The molecule has 2 saturated carbocycles. The minimum atomic E-state index is -1.48. The molecule has 0 aromatic rings. The second-order valence-corrected chi connectivity index (χ2v) is 3.92. The molecule has 3 atom stereocenters. The Balaban J connectivity index is 1.90. The number of esters is 1. The van der Waals surface area contributed by atoms with Crippen LogP contribution < -0.4 is 0 Å². The van der Waals surface area contributed by atoms with Gasteiger partial charge in [-0.1, -0.05) is 0 Å². The van der Waals surface area contributed by atoms with Crippen molar-refractivity contribution in [1.29, 1.82) is 0 Å². The van der Waals surface area contributed by atoms with Crippen LogP contribution in [0.5, 0.6) is 0 Å². The van der Waals surface area contributed by atoms with Crippen LogP contribution in [0.15, 0.2) is 0 Å². The minimum absolute atomic E-state index is 0.123. The predicted octanol–water partition coefficient (Wildman–Crippen LogP) is 0.803. The fraction of sp³-hybridized carbons (Fsp3) is 0.778. The Morgan fingerprint density at radius 2 is 2.00 bits per heavy atom. The maximum absolute atomic E-state index is 10.8. The van der Waals surface area contributed by atoms with Crippen LogP contribution in [0, 0.1) is 11.8 Å². The number of aliphatic carboxylic acids is 1. The van der Waals surface area contributed by atoms with E-state index >= 15 is 0 Å². The average Bonchev–Trinajstić information content (AvgIpc) is 2.64. The molecule has 0 spiro atoms. The highest BCUT2D eigenvalue weighted by Crippen LogP contribution is 2.45. The summed E-state index contributed by atoms with van der Waals surface area (Å²) < 4.78 is 4.87. The summed E-state index contributed by atoms with van der Waals surface area (Å²) in [6, 6.07) is 0. The fourth-order valence-electron chi connectivity index (χ4n) is 2.52. The summed E-state index contributed by atoms with van der Waals surface area (Å²) in [6.07, 6.45) is 4.15. The number of hydrogen-bond acceptors (Lipinski definition) is 3. The van der Waals surface area contributed by atoms with Crippen molar-refractivity contribution >= 4 is 11.9 Å². The Labute approximate surface area is 75.9 Å². The summed E-state index contributed by atoms with van der Waals surface area (Å²) in [7, 11) is 0. The largest absolute Gasteiger partial charge is 0.473 e. The molecule has 2 aliphatic carbocycles. The summed E-state index contributed by atoms with van der Waals surface area (Å²) >= 11 is 0. The van der Waals surface area contributed by atoms with Crippen LogP contribution in [0.4, 0.5) is 0 Å². The van der Waals surface area contributed by atoms with Crippen LogP contribution in [0.1, 0.15) is 25.7 Å². The summed E-state index contributed by atoms with van der Waals surface area (Å²) in [6.45, 7) is 0. The van der Waals surface area contributed by atoms with Gasteiger partial charge in [-0.2, -0.15) is 0 Å². The molecule has 2 aliphatic rings. The van der Waals surface area contributed by atoms with Gasteiger partial charge < -0.3 is 9.84 Å². The third-order valence-electron chi connectivity index (χ3n) is 3.11. The van der Waals surface area contributed by atoms with Gasteiger partial charge in [0.2, 0.25) is 0 Å². The highest BCUT2D eigenvalue weighted by Gasteiger charge is 2.42. The van der Waals surface area contributed by atoms with Crippen LogP contribution >= 0.6 is 0 Å². The number of fused-ring (bicyclic) bond motifs is 2. The van der Waals surface area contributed by atoms with E-state index in [1.807, 2.05) is 0 Å². The van der Waals surface area contributed by atoms with Gasteiger partial charge in [-0.25, -0.2) is 9.59 Å². The van der Waals surface area contributed by atoms with E-state index in [9.17, 15) is 9.59 Å². The van der Waals surface area contributed by atoms with Crippen LogP contribution in [0.3, 0.4) is 0 Å². The van der Waals surface area contributed by atoms with Crippen molar-refractivity contribution in [3.05, 3.63) is 0 Å². The van der Waals surface area contributed by atoms with Crippen molar-refractivity contribution in [1.82, 2.24) is 0 Å². The predicted molar refractivity (Wildman–Crippen MR) is 43.0 cm³/mol. The smallest absolute Gasteiger partial charge is 0.417 e. The Morgan fingerprint density at radius 3 is 2.46 bits per heavy atom. The Morgan fingerprint density at radius 1 is 1.23 bits per heavy atom. The lowest BCUT2D eigenvalue weighted by Gasteiger charge is -2.20. The summed E-state index contributed by atoms with van der Waals surface area (Å²) in [5.41, 5.74) is 0. The molecule has 0 saturated heterocycles. The van der Waals surface area contributed by atoms with Gasteiger partial charge in [0.05, 0.1) is 0 Å². The molecule has 72 valence electrons.